The predicted octanol–water partition coefficient (Wildman–Crippen LogP) is 3.94. The Bertz CT molecular complexity index is 694. The fourth-order valence-corrected chi connectivity index (χ4v) is 3.15. The van der Waals surface area contributed by atoms with Crippen molar-refractivity contribution in [1.29, 1.82) is 0 Å². The van der Waals surface area contributed by atoms with Gasteiger partial charge in [-0.05, 0) is 29.3 Å². The van der Waals surface area contributed by atoms with Crippen molar-refractivity contribution in [3.8, 4) is 0 Å². The number of allylic oxidation sites excluding steroid dienone is 2. The van der Waals surface area contributed by atoms with Gasteiger partial charge in [-0.1, -0.05) is 47.6 Å². The highest BCUT2D eigenvalue weighted by Crippen LogP contribution is 2.50. The lowest BCUT2D eigenvalue weighted by Gasteiger charge is -2.09. The van der Waals surface area contributed by atoms with Crippen LogP contribution in [0.2, 0.25) is 0 Å². The lowest BCUT2D eigenvalue weighted by molar-refractivity contribution is 0.0808. The summed E-state index contributed by atoms with van der Waals surface area (Å²) in [6.07, 6.45) is 4.14. The summed E-state index contributed by atoms with van der Waals surface area (Å²) < 4.78 is 0. The number of hydrogen-bond acceptors (Lipinski definition) is 2. The van der Waals surface area contributed by atoms with Gasteiger partial charge in [-0.2, -0.15) is 0 Å². The molecule has 0 aromatic heterocycles. The van der Waals surface area contributed by atoms with Gasteiger partial charge in [0.2, 0.25) is 0 Å². The van der Waals surface area contributed by atoms with E-state index in [0.717, 1.165) is 5.71 Å². The summed E-state index contributed by atoms with van der Waals surface area (Å²) in [5.74, 6) is 0.266. The topological polar surface area (TPSA) is 21.6 Å². The van der Waals surface area contributed by atoms with E-state index in [1.165, 1.54) is 21.9 Å². The molecule has 1 heterocycles. The van der Waals surface area contributed by atoms with Crippen LogP contribution in [-0.4, -0.2) is 5.71 Å². The Labute approximate surface area is 106 Å². The van der Waals surface area contributed by atoms with Crippen molar-refractivity contribution in [2.24, 2.45) is 5.16 Å². The minimum absolute atomic E-state index is 0.0669. The first-order chi connectivity index (χ1) is 8.90. The van der Waals surface area contributed by atoms with Gasteiger partial charge in [-0.25, -0.2) is 0 Å². The standard InChI is InChI=1S/C16H13NO/c1-2-5-13-15-11-8-3-6-10-7-4-9-12(14(10)11)16(15)18-17-13/h2-9,15-16H,1H3/b5-2+. The molecule has 1 aliphatic heterocycles. The minimum atomic E-state index is 0.0669. The third kappa shape index (κ3) is 1.10. The summed E-state index contributed by atoms with van der Waals surface area (Å²) in [4.78, 5) is 5.65. The number of hydrogen-bond donors (Lipinski definition) is 0. The van der Waals surface area contributed by atoms with Crippen LogP contribution in [0.4, 0.5) is 0 Å². The molecule has 18 heavy (non-hydrogen) atoms. The van der Waals surface area contributed by atoms with Crippen LogP contribution in [0.25, 0.3) is 10.8 Å². The fourth-order valence-electron chi connectivity index (χ4n) is 3.15. The van der Waals surface area contributed by atoms with Crippen molar-refractivity contribution in [2.75, 3.05) is 0 Å². The largest absolute Gasteiger partial charge is 0.386 e. The van der Waals surface area contributed by atoms with Crippen LogP contribution < -0.4 is 0 Å². The molecule has 0 saturated heterocycles. The van der Waals surface area contributed by atoms with Gasteiger partial charge in [0.15, 0.2) is 6.10 Å². The van der Waals surface area contributed by atoms with Crippen LogP contribution in [0.3, 0.4) is 0 Å². The van der Waals surface area contributed by atoms with Gasteiger partial charge in [0.05, 0.1) is 11.6 Å². The molecule has 2 unspecified atom stereocenters. The normalized spacial score (nSPS) is 24.4. The highest BCUT2D eigenvalue weighted by atomic mass is 16.6. The summed E-state index contributed by atoms with van der Waals surface area (Å²) >= 11 is 0. The average molecular weight is 235 g/mol. The van der Waals surface area contributed by atoms with E-state index in [9.17, 15) is 0 Å². The lowest BCUT2D eigenvalue weighted by atomic mass is 9.93. The molecule has 2 aliphatic rings. The van der Waals surface area contributed by atoms with E-state index in [-0.39, 0.29) is 12.0 Å². The van der Waals surface area contributed by atoms with Crippen molar-refractivity contribution in [2.45, 2.75) is 18.9 Å². The van der Waals surface area contributed by atoms with Gasteiger partial charge < -0.3 is 4.84 Å². The average Bonchev–Trinajstić information content (AvgIpc) is 2.94. The molecule has 2 heteroatoms. The summed E-state index contributed by atoms with van der Waals surface area (Å²) in [6.45, 7) is 2.01. The summed E-state index contributed by atoms with van der Waals surface area (Å²) in [5, 5.41) is 6.87. The van der Waals surface area contributed by atoms with E-state index in [1.54, 1.807) is 0 Å². The van der Waals surface area contributed by atoms with Crippen molar-refractivity contribution in [1.82, 2.24) is 0 Å². The summed E-state index contributed by atoms with van der Waals surface area (Å²) in [7, 11) is 0. The van der Waals surface area contributed by atoms with Gasteiger partial charge in [-0.3, -0.25) is 0 Å². The molecule has 1 aliphatic carbocycles. The van der Waals surface area contributed by atoms with Crippen LogP contribution in [-0.2, 0) is 4.84 Å². The zero-order valence-electron chi connectivity index (χ0n) is 10.1. The van der Waals surface area contributed by atoms with Crippen molar-refractivity contribution in [3.05, 3.63) is 59.7 Å². The zero-order chi connectivity index (χ0) is 12.1. The highest BCUT2D eigenvalue weighted by molar-refractivity contribution is 6.07. The molecule has 88 valence electrons. The summed E-state index contributed by atoms with van der Waals surface area (Å²) in [5.41, 5.74) is 3.66. The first kappa shape index (κ1) is 9.89. The molecule has 2 atom stereocenters. The first-order valence-corrected chi connectivity index (χ1v) is 6.28. The molecule has 0 radical (unpaired) electrons. The van der Waals surface area contributed by atoms with Crippen LogP contribution in [0, 0.1) is 0 Å². The van der Waals surface area contributed by atoms with Crippen LogP contribution in [0.1, 0.15) is 30.1 Å². The van der Waals surface area contributed by atoms with Crippen molar-refractivity contribution >= 4 is 16.5 Å². The molecule has 0 spiro atoms. The number of rotatable bonds is 1. The second kappa shape index (κ2) is 3.45. The second-order valence-electron chi connectivity index (χ2n) is 4.81. The number of benzene rings is 2. The van der Waals surface area contributed by atoms with Crippen molar-refractivity contribution in [3.63, 3.8) is 0 Å². The molecule has 0 amide bonds. The smallest absolute Gasteiger partial charge is 0.165 e. The van der Waals surface area contributed by atoms with E-state index < -0.39 is 0 Å². The van der Waals surface area contributed by atoms with E-state index in [2.05, 4.69) is 47.6 Å². The Balaban J connectivity index is 2.00. The first-order valence-electron chi connectivity index (χ1n) is 6.28. The monoisotopic (exact) mass is 235 g/mol. The van der Waals surface area contributed by atoms with Crippen molar-refractivity contribution < 1.29 is 4.84 Å². The Hall–Kier alpha value is -2.09. The maximum Gasteiger partial charge on any atom is 0.165 e. The third-order valence-electron chi connectivity index (χ3n) is 3.84. The molecule has 0 fully saturated rings. The van der Waals surface area contributed by atoms with E-state index in [0.29, 0.717) is 0 Å². The number of oxime groups is 1. The number of fused-ring (bicyclic) bond motifs is 3. The van der Waals surface area contributed by atoms with Gasteiger partial charge in [0, 0.05) is 5.56 Å². The predicted molar refractivity (Wildman–Crippen MR) is 72.8 cm³/mol. The molecule has 0 N–H and O–H groups in total. The molecule has 0 saturated carbocycles. The molecule has 2 nitrogen and oxygen atoms in total. The Morgan fingerprint density at radius 2 is 1.89 bits per heavy atom. The maximum atomic E-state index is 5.65. The maximum absolute atomic E-state index is 5.65. The SMILES string of the molecule is C/C=C/C1=NOC2c3cccc4cccc(c34)C12. The third-order valence-corrected chi connectivity index (χ3v) is 3.84. The van der Waals surface area contributed by atoms with Crippen LogP contribution >= 0.6 is 0 Å². The fraction of sp³-hybridized carbons (Fsp3) is 0.188. The van der Waals surface area contributed by atoms with Gasteiger partial charge in [0.25, 0.3) is 0 Å². The Morgan fingerprint density at radius 3 is 2.67 bits per heavy atom. The van der Waals surface area contributed by atoms with Crippen LogP contribution in [0.15, 0.2) is 53.7 Å². The quantitative estimate of drug-likeness (QED) is 0.733. The number of nitrogens with zero attached hydrogens (tertiary/aromatic N) is 1. The molecule has 2 aromatic carbocycles. The van der Waals surface area contributed by atoms with Gasteiger partial charge >= 0.3 is 0 Å². The Morgan fingerprint density at radius 1 is 1.11 bits per heavy atom. The molecule has 0 bridgehead atoms. The van der Waals surface area contributed by atoms with Gasteiger partial charge in [0.1, 0.15) is 0 Å². The zero-order valence-corrected chi connectivity index (χ0v) is 10.1. The lowest BCUT2D eigenvalue weighted by Crippen LogP contribution is -2.08. The minimum Gasteiger partial charge on any atom is -0.386 e. The summed E-state index contributed by atoms with van der Waals surface area (Å²) in [6, 6.07) is 12.9. The van der Waals surface area contributed by atoms with E-state index in [1.807, 2.05) is 13.0 Å². The van der Waals surface area contributed by atoms with E-state index >= 15 is 0 Å². The second-order valence-corrected chi connectivity index (χ2v) is 4.81. The molecule has 2 aromatic rings. The highest BCUT2D eigenvalue weighted by Gasteiger charge is 2.42. The molecular formula is C16H13NO. The van der Waals surface area contributed by atoms with E-state index in [4.69, 9.17) is 4.84 Å². The Kier molecular flexibility index (Phi) is 1.90. The van der Waals surface area contributed by atoms with Gasteiger partial charge in [-0.15, -0.1) is 0 Å². The molecule has 4 rings (SSSR count). The van der Waals surface area contributed by atoms with Crippen LogP contribution in [0.5, 0.6) is 0 Å². The molecular weight excluding hydrogens is 222 g/mol.